The molecule has 1 aliphatic rings. The second-order valence-electron chi connectivity index (χ2n) is 5.13. The van der Waals surface area contributed by atoms with E-state index in [0.717, 1.165) is 17.9 Å². The van der Waals surface area contributed by atoms with E-state index in [2.05, 4.69) is 10.1 Å². The molecule has 1 aliphatic heterocycles. The van der Waals surface area contributed by atoms with Crippen LogP contribution in [-0.2, 0) is 0 Å². The molecular weight excluding hydrogens is 268 g/mol. The standard InChI is InChI=1S/C16H24N2O3/c1-2-20-16-12-14(13-17-19)6-7-15(16)21-11-10-18-8-4-3-5-9-18/h6-7,12-13,19H,2-5,8-11H2,1H3. The number of hydrogen-bond donors (Lipinski definition) is 1. The molecule has 0 bridgehead atoms. The summed E-state index contributed by atoms with van der Waals surface area (Å²) in [5.74, 6) is 1.43. The van der Waals surface area contributed by atoms with Gasteiger partial charge in [0.25, 0.3) is 0 Å². The summed E-state index contributed by atoms with van der Waals surface area (Å²) in [4.78, 5) is 2.44. The van der Waals surface area contributed by atoms with E-state index in [1.165, 1.54) is 38.6 Å². The first-order chi connectivity index (χ1) is 10.3. The van der Waals surface area contributed by atoms with Crippen molar-refractivity contribution in [1.82, 2.24) is 4.90 Å². The summed E-state index contributed by atoms with van der Waals surface area (Å²) in [7, 11) is 0. The number of hydrogen-bond acceptors (Lipinski definition) is 5. The fourth-order valence-corrected chi connectivity index (χ4v) is 2.53. The average molecular weight is 292 g/mol. The first-order valence-electron chi connectivity index (χ1n) is 7.63. The Kier molecular flexibility index (Phi) is 6.34. The molecule has 0 saturated carbocycles. The summed E-state index contributed by atoms with van der Waals surface area (Å²) >= 11 is 0. The number of nitrogens with zero attached hydrogens (tertiary/aromatic N) is 2. The van der Waals surface area contributed by atoms with Crippen LogP contribution in [0.4, 0.5) is 0 Å². The summed E-state index contributed by atoms with van der Waals surface area (Å²) in [6, 6.07) is 5.52. The molecule has 5 heteroatoms. The Bertz CT molecular complexity index is 457. The van der Waals surface area contributed by atoms with E-state index >= 15 is 0 Å². The third kappa shape index (κ3) is 4.93. The van der Waals surface area contributed by atoms with E-state index in [1.807, 2.05) is 25.1 Å². The first-order valence-corrected chi connectivity index (χ1v) is 7.63. The second-order valence-corrected chi connectivity index (χ2v) is 5.13. The normalized spacial score (nSPS) is 16.2. The number of benzene rings is 1. The van der Waals surface area contributed by atoms with Gasteiger partial charge in [0.2, 0.25) is 0 Å². The molecule has 1 aromatic carbocycles. The Morgan fingerprint density at radius 3 is 2.71 bits per heavy atom. The van der Waals surface area contributed by atoms with Gasteiger partial charge in [-0.25, -0.2) is 0 Å². The zero-order valence-electron chi connectivity index (χ0n) is 12.6. The van der Waals surface area contributed by atoms with Crippen LogP contribution < -0.4 is 9.47 Å². The van der Waals surface area contributed by atoms with E-state index in [4.69, 9.17) is 14.7 Å². The van der Waals surface area contributed by atoms with E-state index in [9.17, 15) is 0 Å². The van der Waals surface area contributed by atoms with Gasteiger partial charge in [-0.05, 0) is 51.1 Å². The zero-order chi connectivity index (χ0) is 14.9. The molecule has 0 atom stereocenters. The highest BCUT2D eigenvalue weighted by molar-refractivity contribution is 5.80. The highest BCUT2D eigenvalue weighted by atomic mass is 16.5. The molecule has 1 heterocycles. The highest BCUT2D eigenvalue weighted by Crippen LogP contribution is 2.28. The van der Waals surface area contributed by atoms with Crippen LogP contribution in [0.15, 0.2) is 23.4 Å². The molecule has 0 radical (unpaired) electrons. The van der Waals surface area contributed by atoms with Crippen molar-refractivity contribution in [2.75, 3.05) is 32.8 Å². The summed E-state index contributed by atoms with van der Waals surface area (Å²) in [6.07, 6.45) is 5.30. The maximum absolute atomic E-state index is 8.59. The smallest absolute Gasteiger partial charge is 0.161 e. The monoisotopic (exact) mass is 292 g/mol. The lowest BCUT2D eigenvalue weighted by atomic mass is 10.1. The largest absolute Gasteiger partial charge is 0.490 e. The molecule has 5 nitrogen and oxygen atoms in total. The van der Waals surface area contributed by atoms with Crippen molar-refractivity contribution in [2.45, 2.75) is 26.2 Å². The molecule has 1 N–H and O–H groups in total. The van der Waals surface area contributed by atoms with Crippen LogP contribution in [0.3, 0.4) is 0 Å². The zero-order valence-corrected chi connectivity index (χ0v) is 12.6. The molecule has 0 unspecified atom stereocenters. The Labute approximate surface area is 126 Å². The Morgan fingerprint density at radius 1 is 1.19 bits per heavy atom. The van der Waals surface area contributed by atoms with Crippen LogP contribution in [0.1, 0.15) is 31.7 Å². The Hall–Kier alpha value is -1.75. The van der Waals surface area contributed by atoms with Crippen molar-refractivity contribution in [3.63, 3.8) is 0 Å². The molecular formula is C16H24N2O3. The Morgan fingerprint density at radius 2 is 2.00 bits per heavy atom. The van der Waals surface area contributed by atoms with E-state index in [0.29, 0.717) is 19.0 Å². The van der Waals surface area contributed by atoms with Crippen LogP contribution in [0.25, 0.3) is 0 Å². The maximum atomic E-state index is 8.59. The molecule has 0 amide bonds. The predicted molar refractivity (Wildman–Crippen MR) is 82.8 cm³/mol. The summed E-state index contributed by atoms with van der Waals surface area (Å²) in [5.41, 5.74) is 0.782. The number of likely N-dealkylation sites (tertiary alicyclic amines) is 1. The minimum absolute atomic E-state index is 0.572. The van der Waals surface area contributed by atoms with Crippen LogP contribution >= 0.6 is 0 Å². The van der Waals surface area contributed by atoms with Crippen molar-refractivity contribution < 1.29 is 14.7 Å². The van der Waals surface area contributed by atoms with Gasteiger partial charge in [-0.15, -0.1) is 0 Å². The molecule has 1 saturated heterocycles. The average Bonchev–Trinajstić information content (AvgIpc) is 2.51. The van der Waals surface area contributed by atoms with Gasteiger partial charge in [-0.1, -0.05) is 11.6 Å². The van der Waals surface area contributed by atoms with Crippen LogP contribution in [0.5, 0.6) is 11.5 Å². The SMILES string of the molecule is CCOc1cc(C=NO)ccc1OCCN1CCCCC1. The Balaban J connectivity index is 1.91. The minimum Gasteiger partial charge on any atom is -0.490 e. The lowest BCUT2D eigenvalue weighted by Crippen LogP contribution is -2.33. The molecule has 1 aromatic rings. The van der Waals surface area contributed by atoms with Gasteiger partial charge in [0, 0.05) is 12.1 Å². The molecule has 0 spiro atoms. The number of piperidine rings is 1. The van der Waals surface area contributed by atoms with Crippen LogP contribution in [0, 0.1) is 0 Å². The van der Waals surface area contributed by atoms with Gasteiger partial charge < -0.3 is 14.7 Å². The molecule has 2 rings (SSSR count). The molecule has 1 fully saturated rings. The predicted octanol–water partition coefficient (Wildman–Crippen LogP) is 2.76. The number of rotatable bonds is 7. The summed E-state index contributed by atoms with van der Waals surface area (Å²) < 4.78 is 11.4. The fraction of sp³-hybridized carbons (Fsp3) is 0.562. The lowest BCUT2D eigenvalue weighted by molar-refractivity contribution is 0.179. The van der Waals surface area contributed by atoms with Crippen LogP contribution in [-0.4, -0.2) is 49.2 Å². The van der Waals surface area contributed by atoms with E-state index < -0.39 is 0 Å². The number of oxime groups is 1. The minimum atomic E-state index is 0.572. The van der Waals surface area contributed by atoms with Crippen molar-refractivity contribution in [2.24, 2.45) is 5.16 Å². The topological polar surface area (TPSA) is 54.3 Å². The van der Waals surface area contributed by atoms with Gasteiger partial charge in [0.1, 0.15) is 6.61 Å². The first kappa shape index (κ1) is 15.6. The van der Waals surface area contributed by atoms with Crippen LogP contribution in [0.2, 0.25) is 0 Å². The number of ether oxygens (including phenoxy) is 2. The maximum Gasteiger partial charge on any atom is 0.161 e. The van der Waals surface area contributed by atoms with Gasteiger partial charge in [0.05, 0.1) is 12.8 Å². The van der Waals surface area contributed by atoms with Gasteiger partial charge in [-0.3, -0.25) is 4.90 Å². The quantitative estimate of drug-likeness (QED) is 0.477. The van der Waals surface area contributed by atoms with E-state index in [-0.39, 0.29) is 0 Å². The third-order valence-corrected chi connectivity index (χ3v) is 3.59. The van der Waals surface area contributed by atoms with Crippen molar-refractivity contribution in [1.29, 1.82) is 0 Å². The second kappa shape index (κ2) is 8.52. The van der Waals surface area contributed by atoms with Gasteiger partial charge >= 0.3 is 0 Å². The van der Waals surface area contributed by atoms with Gasteiger partial charge in [0.15, 0.2) is 11.5 Å². The van der Waals surface area contributed by atoms with Crippen molar-refractivity contribution in [3.05, 3.63) is 23.8 Å². The molecule has 21 heavy (non-hydrogen) atoms. The van der Waals surface area contributed by atoms with E-state index in [1.54, 1.807) is 0 Å². The fourth-order valence-electron chi connectivity index (χ4n) is 2.53. The molecule has 0 aromatic heterocycles. The summed E-state index contributed by atoms with van der Waals surface area (Å²) in [6.45, 7) is 6.46. The van der Waals surface area contributed by atoms with Gasteiger partial charge in [-0.2, -0.15) is 0 Å². The third-order valence-electron chi connectivity index (χ3n) is 3.59. The lowest BCUT2D eigenvalue weighted by Gasteiger charge is -2.26. The molecule has 0 aliphatic carbocycles. The van der Waals surface area contributed by atoms with Crippen molar-refractivity contribution in [3.8, 4) is 11.5 Å². The highest BCUT2D eigenvalue weighted by Gasteiger charge is 2.11. The summed E-state index contributed by atoms with van der Waals surface area (Å²) in [5, 5.41) is 11.6. The molecule has 116 valence electrons. The van der Waals surface area contributed by atoms with Crippen molar-refractivity contribution >= 4 is 6.21 Å².